The SMILES string of the molecule is Cc1cc(C)c(-c2cc(C)c(-c3ccc4c5c(cccc35)-c3c-4c(-c4ccccc4)c4ccccc4c3-c3ccccc3)c(C)c2)c(C)c1. The molecule has 0 aliphatic heterocycles. The molecule has 0 heteroatoms. The van der Waals surface area contributed by atoms with Crippen molar-refractivity contribution < 1.29 is 0 Å². The van der Waals surface area contributed by atoms with E-state index in [1.165, 1.54) is 116 Å². The van der Waals surface area contributed by atoms with Gasteiger partial charge in [-0.05, 0) is 145 Å². The molecule has 234 valence electrons. The van der Waals surface area contributed by atoms with Crippen molar-refractivity contribution in [3.05, 3.63) is 167 Å². The zero-order chi connectivity index (χ0) is 33.4. The molecule has 0 radical (unpaired) electrons. The van der Waals surface area contributed by atoms with Gasteiger partial charge in [-0.1, -0.05) is 145 Å². The molecule has 0 unspecified atom stereocenters. The van der Waals surface area contributed by atoms with Gasteiger partial charge in [0.15, 0.2) is 0 Å². The fraction of sp³-hybridized carbons (Fsp3) is 0.102. The molecule has 0 amide bonds. The standard InChI is InChI=1S/C49H38/c1-29-25-30(2)43(31(3)26-29)36-27-32(4)44(33(5)28-36)40-23-24-42-47-39(40)21-14-22-41(47)48-45(34-15-8-6-9-16-34)37-19-12-13-20-38(37)46(49(42)48)35-17-10-7-11-18-35/h6-28H,1-5H3. The first kappa shape index (κ1) is 29.4. The summed E-state index contributed by atoms with van der Waals surface area (Å²) in [7, 11) is 0. The van der Waals surface area contributed by atoms with Crippen molar-refractivity contribution in [1.29, 1.82) is 0 Å². The van der Waals surface area contributed by atoms with Crippen molar-refractivity contribution in [1.82, 2.24) is 0 Å². The van der Waals surface area contributed by atoms with E-state index in [4.69, 9.17) is 0 Å². The van der Waals surface area contributed by atoms with Crippen molar-refractivity contribution in [2.45, 2.75) is 34.6 Å². The molecule has 0 aromatic heterocycles. The Kier molecular flexibility index (Phi) is 6.71. The van der Waals surface area contributed by atoms with Crippen molar-refractivity contribution in [2.24, 2.45) is 0 Å². The van der Waals surface area contributed by atoms with E-state index in [2.05, 4.69) is 174 Å². The predicted octanol–water partition coefficient (Wildman–Crippen LogP) is 13.9. The van der Waals surface area contributed by atoms with Crippen LogP contribution in [0, 0.1) is 34.6 Å². The van der Waals surface area contributed by atoms with Gasteiger partial charge in [0.05, 0.1) is 0 Å². The molecule has 0 heterocycles. The molecule has 0 saturated carbocycles. The Balaban J connectivity index is 1.35. The lowest BCUT2D eigenvalue weighted by Gasteiger charge is -2.20. The zero-order valence-electron chi connectivity index (χ0n) is 28.8. The number of rotatable bonds is 4. The molecule has 0 bridgehead atoms. The van der Waals surface area contributed by atoms with Gasteiger partial charge in [0.2, 0.25) is 0 Å². The van der Waals surface area contributed by atoms with Crippen LogP contribution in [0.4, 0.5) is 0 Å². The minimum atomic E-state index is 1.25. The first-order valence-electron chi connectivity index (χ1n) is 17.4. The average molecular weight is 627 g/mol. The number of hydrogen-bond acceptors (Lipinski definition) is 0. The van der Waals surface area contributed by atoms with Gasteiger partial charge in [-0.15, -0.1) is 0 Å². The van der Waals surface area contributed by atoms with Gasteiger partial charge >= 0.3 is 0 Å². The van der Waals surface area contributed by atoms with E-state index in [-0.39, 0.29) is 0 Å². The van der Waals surface area contributed by atoms with Gasteiger partial charge in [-0.2, -0.15) is 0 Å². The molecular formula is C49H38. The normalized spacial score (nSPS) is 11.8. The van der Waals surface area contributed by atoms with Crippen LogP contribution in [0.2, 0.25) is 0 Å². The lowest BCUT2D eigenvalue weighted by molar-refractivity contribution is 1.31. The molecule has 0 fully saturated rings. The maximum atomic E-state index is 2.41. The highest BCUT2D eigenvalue weighted by molar-refractivity contribution is 6.28. The third kappa shape index (κ3) is 4.44. The summed E-state index contributed by atoms with van der Waals surface area (Å²) in [5, 5.41) is 5.25. The summed E-state index contributed by atoms with van der Waals surface area (Å²) >= 11 is 0. The third-order valence-electron chi connectivity index (χ3n) is 10.7. The van der Waals surface area contributed by atoms with Crippen LogP contribution in [0.3, 0.4) is 0 Å². The van der Waals surface area contributed by atoms with E-state index < -0.39 is 0 Å². The third-order valence-corrected chi connectivity index (χ3v) is 10.7. The van der Waals surface area contributed by atoms with Crippen LogP contribution in [-0.2, 0) is 0 Å². The summed E-state index contributed by atoms with van der Waals surface area (Å²) in [4.78, 5) is 0. The molecule has 1 aliphatic carbocycles. The Bertz CT molecular complexity index is 2480. The van der Waals surface area contributed by atoms with Crippen LogP contribution >= 0.6 is 0 Å². The molecule has 0 N–H and O–H groups in total. The van der Waals surface area contributed by atoms with Crippen LogP contribution in [0.1, 0.15) is 27.8 Å². The highest BCUT2D eigenvalue weighted by atomic mass is 14.3. The Morgan fingerprint density at radius 2 is 0.735 bits per heavy atom. The smallest absolute Gasteiger partial charge is 0.000741 e. The van der Waals surface area contributed by atoms with Crippen molar-refractivity contribution >= 4 is 21.5 Å². The lowest BCUT2D eigenvalue weighted by Crippen LogP contribution is -1.95. The summed E-state index contributed by atoms with van der Waals surface area (Å²) in [6.07, 6.45) is 0. The Morgan fingerprint density at radius 1 is 0.286 bits per heavy atom. The van der Waals surface area contributed by atoms with Crippen molar-refractivity contribution in [3.8, 4) is 66.8 Å². The predicted molar refractivity (Wildman–Crippen MR) is 211 cm³/mol. The first-order chi connectivity index (χ1) is 23.9. The van der Waals surface area contributed by atoms with E-state index in [1.807, 2.05) is 0 Å². The van der Waals surface area contributed by atoms with Gasteiger partial charge in [0.1, 0.15) is 0 Å². The van der Waals surface area contributed by atoms with Crippen LogP contribution in [-0.4, -0.2) is 0 Å². The summed E-state index contributed by atoms with van der Waals surface area (Å²) in [5.41, 5.74) is 22.4. The maximum Gasteiger partial charge on any atom is -0.000741 e. The van der Waals surface area contributed by atoms with Gasteiger partial charge in [0, 0.05) is 0 Å². The average Bonchev–Trinajstić information content (AvgIpc) is 3.43. The van der Waals surface area contributed by atoms with Crippen LogP contribution in [0.15, 0.2) is 140 Å². The number of fused-ring (bicyclic) bond motifs is 4. The molecule has 0 nitrogen and oxygen atoms in total. The fourth-order valence-corrected chi connectivity index (χ4v) is 9.00. The summed E-state index contributed by atoms with van der Waals surface area (Å²) in [5.74, 6) is 0. The van der Waals surface area contributed by atoms with Gasteiger partial charge < -0.3 is 0 Å². The summed E-state index contributed by atoms with van der Waals surface area (Å²) < 4.78 is 0. The van der Waals surface area contributed by atoms with E-state index in [0.717, 1.165) is 0 Å². The second-order valence-corrected chi connectivity index (χ2v) is 13.9. The fourth-order valence-electron chi connectivity index (χ4n) is 9.00. The second-order valence-electron chi connectivity index (χ2n) is 13.9. The molecule has 9 rings (SSSR count). The van der Waals surface area contributed by atoms with E-state index >= 15 is 0 Å². The molecule has 0 saturated heterocycles. The minimum absolute atomic E-state index is 1.25. The van der Waals surface area contributed by atoms with Gasteiger partial charge in [0.25, 0.3) is 0 Å². The largest absolute Gasteiger partial charge is 0.0622 e. The van der Waals surface area contributed by atoms with Crippen LogP contribution < -0.4 is 0 Å². The first-order valence-corrected chi connectivity index (χ1v) is 17.4. The Morgan fingerprint density at radius 3 is 1.29 bits per heavy atom. The van der Waals surface area contributed by atoms with E-state index in [9.17, 15) is 0 Å². The van der Waals surface area contributed by atoms with Gasteiger partial charge in [-0.3, -0.25) is 0 Å². The number of hydrogen-bond donors (Lipinski definition) is 0. The van der Waals surface area contributed by atoms with Gasteiger partial charge in [-0.25, -0.2) is 0 Å². The number of benzene rings is 8. The molecule has 8 aromatic carbocycles. The highest BCUT2D eigenvalue weighted by Crippen LogP contribution is 2.58. The van der Waals surface area contributed by atoms with Crippen LogP contribution in [0.25, 0.3) is 88.3 Å². The summed E-state index contributed by atoms with van der Waals surface area (Å²) in [6.45, 7) is 11.2. The monoisotopic (exact) mass is 626 g/mol. The molecular weight excluding hydrogens is 589 g/mol. The maximum absolute atomic E-state index is 2.41. The molecule has 1 aliphatic rings. The van der Waals surface area contributed by atoms with Crippen molar-refractivity contribution in [2.75, 3.05) is 0 Å². The highest BCUT2D eigenvalue weighted by Gasteiger charge is 2.31. The second kappa shape index (κ2) is 11.2. The molecule has 49 heavy (non-hydrogen) atoms. The lowest BCUT2D eigenvalue weighted by atomic mass is 9.82. The number of aryl methyl sites for hydroxylation is 5. The zero-order valence-corrected chi connectivity index (χ0v) is 28.8. The van der Waals surface area contributed by atoms with E-state index in [1.54, 1.807) is 0 Å². The van der Waals surface area contributed by atoms with E-state index in [0.29, 0.717) is 0 Å². The molecule has 0 atom stereocenters. The minimum Gasteiger partial charge on any atom is -0.0622 e. The molecule has 8 aromatic rings. The quantitative estimate of drug-likeness (QED) is 0.182. The van der Waals surface area contributed by atoms with Crippen LogP contribution in [0.5, 0.6) is 0 Å². The molecule has 0 spiro atoms. The topological polar surface area (TPSA) is 0 Å². The van der Waals surface area contributed by atoms with Crippen molar-refractivity contribution in [3.63, 3.8) is 0 Å². The Labute approximate surface area is 289 Å². The Hall–Kier alpha value is -5.72. The summed E-state index contributed by atoms with van der Waals surface area (Å²) in [6, 6.07) is 52.1.